The van der Waals surface area contributed by atoms with Gasteiger partial charge in [0.25, 0.3) is 0 Å². The predicted molar refractivity (Wildman–Crippen MR) is 72.0 cm³/mol. The van der Waals surface area contributed by atoms with Crippen LogP contribution >= 0.6 is 0 Å². The molecule has 3 N–H and O–H groups in total. The lowest BCUT2D eigenvalue weighted by Gasteiger charge is -2.11. The molecule has 1 saturated carbocycles. The van der Waals surface area contributed by atoms with Gasteiger partial charge in [0, 0.05) is 25.6 Å². The van der Waals surface area contributed by atoms with Crippen molar-refractivity contribution in [3.8, 4) is 0 Å². The lowest BCUT2D eigenvalue weighted by molar-refractivity contribution is 0.0659. The van der Waals surface area contributed by atoms with E-state index in [4.69, 9.17) is 4.74 Å². The molecule has 0 saturated heterocycles. The fourth-order valence-corrected chi connectivity index (χ4v) is 2.16. The van der Waals surface area contributed by atoms with Gasteiger partial charge < -0.3 is 20.5 Å². The normalized spacial score (nSPS) is 22.1. The largest absolute Gasteiger partial charge is 0.389 e. The second-order valence-electron chi connectivity index (χ2n) is 4.93. The van der Waals surface area contributed by atoms with Crippen LogP contribution in [-0.2, 0) is 4.74 Å². The maximum absolute atomic E-state index is 13.6. The number of aliphatic hydroxyl groups excluding tert-OH is 1. The zero-order chi connectivity index (χ0) is 14.5. The average Bonchev–Trinajstić information content (AvgIpc) is 3.16. The maximum Gasteiger partial charge on any atom is 0.315 e. The van der Waals surface area contributed by atoms with Crippen LogP contribution in [0.1, 0.15) is 17.9 Å². The van der Waals surface area contributed by atoms with Gasteiger partial charge in [-0.1, -0.05) is 18.2 Å². The summed E-state index contributed by atoms with van der Waals surface area (Å²) in [6.45, 7) is 0.290. The number of methoxy groups -OCH3 is 1. The first-order chi connectivity index (χ1) is 9.61. The molecule has 110 valence electrons. The third-order valence-corrected chi connectivity index (χ3v) is 3.27. The molecule has 0 heterocycles. The number of hydrogen-bond acceptors (Lipinski definition) is 3. The molecule has 6 heteroatoms. The summed E-state index contributed by atoms with van der Waals surface area (Å²) in [5, 5.41) is 14.7. The summed E-state index contributed by atoms with van der Waals surface area (Å²) in [5.74, 6) is -0.205. The molecule has 0 aromatic heterocycles. The number of ether oxygens (including phenoxy) is 1. The summed E-state index contributed by atoms with van der Waals surface area (Å²) in [5.41, 5.74) is 0.636. The predicted octanol–water partition coefficient (Wildman–Crippen LogP) is 0.988. The number of aliphatic hydroxyl groups is 1. The molecule has 3 atom stereocenters. The third-order valence-electron chi connectivity index (χ3n) is 3.27. The Morgan fingerprint density at radius 1 is 1.55 bits per heavy atom. The number of amides is 2. The number of benzene rings is 1. The van der Waals surface area contributed by atoms with Crippen LogP contribution in [0.4, 0.5) is 9.18 Å². The van der Waals surface area contributed by atoms with Crippen molar-refractivity contribution in [2.75, 3.05) is 20.3 Å². The van der Waals surface area contributed by atoms with Crippen LogP contribution in [0.2, 0.25) is 0 Å². The van der Waals surface area contributed by atoms with Gasteiger partial charge in [0.15, 0.2) is 0 Å². The number of rotatable bonds is 6. The fraction of sp³-hybridized carbons (Fsp3) is 0.500. The van der Waals surface area contributed by atoms with E-state index in [0.717, 1.165) is 6.42 Å². The summed E-state index contributed by atoms with van der Waals surface area (Å²) < 4.78 is 18.3. The minimum Gasteiger partial charge on any atom is -0.389 e. The average molecular weight is 282 g/mol. The fourth-order valence-electron chi connectivity index (χ4n) is 2.16. The molecule has 0 spiro atoms. The van der Waals surface area contributed by atoms with Gasteiger partial charge in [0.2, 0.25) is 0 Å². The molecule has 0 radical (unpaired) electrons. The van der Waals surface area contributed by atoms with Crippen LogP contribution in [0.15, 0.2) is 24.3 Å². The van der Waals surface area contributed by atoms with Gasteiger partial charge in [-0.3, -0.25) is 0 Å². The first kappa shape index (κ1) is 14.7. The number of halogens is 1. The van der Waals surface area contributed by atoms with Gasteiger partial charge in [-0.15, -0.1) is 0 Å². The third kappa shape index (κ3) is 3.91. The second kappa shape index (κ2) is 6.67. The van der Waals surface area contributed by atoms with Crippen LogP contribution in [-0.4, -0.2) is 43.5 Å². The Labute approximate surface area is 117 Å². The highest BCUT2D eigenvalue weighted by Crippen LogP contribution is 2.41. The topological polar surface area (TPSA) is 70.6 Å². The van der Waals surface area contributed by atoms with Gasteiger partial charge in [-0.05, 0) is 18.1 Å². The van der Waals surface area contributed by atoms with E-state index in [0.29, 0.717) is 5.56 Å². The van der Waals surface area contributed by atoms with Gasteiger partial charge in [-0.2, -0.15) is 0 Å². The highest BCUT2D eigenvalue weighted by atomic mass is 19.1. The Balaban J connectivity index is 1.74. The minimum absolute atomic E-state index is 0.0332. The molecule has 1 aliphatic carbocycles. The molecule has 5 nitrogen and oxygen atoms in total. The van der Waals surface area contributed by atoms with E-state index in [2.05, 4.69) is 10.6 Å². The molecule has 3 unspecified atom stereocenters. The molecule has 20 heavy (non-hydrogen) atoms. The smallest absolute Gasteiger partial charge is 0.315 e. The van der Waals surface area contributed by atoms with Crippen molar-refractivity contribution < 1.29 is 19.0 Å². The van der Waals surface area contributed by atoms with E-state index in [-0.39, 0.29) is 37.0 Å². The monoisotopic (exact) mass is 282 g/mol. The van der Waals surface area contributed by atoms with Crippen LogP contribution in [0.3, 0.4) is 0 Å². The van der Waals surface area contributed by atoms with Crippen LogP contribution in [0, 0.1) is 5.82 Å². The van der Waals surface area contributed by atoms with Crippen molar-refractivity contribution in [3.63, 3.8) is 0 Å². The highest BCUT2D eigenvalue weighted by Gasteiger charge is 2.40. The molecule has 1 aliphatic rings. The van der Waals surface area contributed by atoms with Crippen molar-refractivity contribution in [1.82, 2.24) is 10.6 Å². The Bertz CT molecular complexity index is 469. The van der Waals surface area contributed by atoms with Crippen molar-refractivity contribution in [2.45, 2.75) is 24.5 Å². The first-order valence-corrected chi connectivity index (χ1v) is 6.57. The Morgan fingerprint density at radius 3 is 3.00 bits per heavy atom. The van der Waals surface area contributed by atoms with Crippen molar-refractivity contribution in [1.29, 1.82) is 0 Å². The summed E-state index contributed by atoms with van der Waals surface area (Å²) in [6.07, 6.45) is 0.00179. The molecular weight excluding hydrogens is 263 g/mol. The molecule has 1 aromatic carbocycles. The molecule has 1 aromatic rings. The van der Waals surface area contributed by atoms with Gasteiger partial charge >= 0.3 is 6.03 Å². The van der Waals surface area contributed by atoms with E-state index in [1.165, 1.54) is 13.2 Å². The summed E-state index contributed by atoms with van der Waals surface area (Å²) in [4.78, 5) is 11.6. The Hall–Kier alpha value is -1.66. The number of nitrogens with one attached hydrogen (secondary N) is 2. The first-order valence-electron chi connectivity index (χ1n) is 6.57. The molecule has 2 amide bonds. The number of urea groups is 1. The number of carbonyl (C=O) groups excluding carboxylic acids is 1. The summed E-state index contributed by atoms with van der Waals surface area (Å²) in [7, 11) is 1.48. The molecule has 2 rings (SSSR count). The van der Waals surface area contributed by atoms with Crippen LogP contribution in [0.5, 0.6) is 0 Å². The van der Waals surface area contributed by atoms with Crippen molar-refractivity contribution in [2.24, 2.45) is 0 Å². The quantitative estimate of drug-likeness (QED) is 0.728. The standard InChI is InChI=1S/C14H19FN2O3/c1-20-8-9(18)7-16-14(19)17-13-6-11(13)10-4-2-3-5-12(10)15/h2-5,9,11,13,18H,6-8H2,1H3,(H2,16,17,19). The highest BCUT2D eigenvalue weighted by molar-refractivity contribution is 5.74. The Kier molecular flexibility index (Phi) is 4.92. The SMILES string of the molecule is COCC(O)CNC(=O)NC1CC1c1ccccc1F. The van der Waals surface area contributed by atoms with Crippen molar-refractivity contribution in [3.05, 3.63) is 35.6 Å². The van der Waals surface area contributed by atoms with Crippen molar-refractivity contribution >= 4 is 6.03 Å². The summed E-state index contributed by atoms with van der Waals surface area (Å²) >= 11 is 0. The second-order valence-corrected chi connectivity index (χ2v) is 4.93. The van der Waals surface area contributed by atoms with E-state index >= 15 is 0 Å². The number of hydrogen-bond donors (Lipinski definition) is 3. The lowest BCUT2D eigenvalue weighted by Crippen LogP contribution is -2.42. The van der Waals surface area contributed by atoms with E-state index in [1.807, 2.05) is 0 Å². The zero-order valence-electron chi connectivity index (χ0n) is 11.3. The van der Waals surface area contributed by atoms with Gasteiger partial charge in [-0.25, -0.2) is 9.18 Å². The van der Waals surface area contributed by atoms with E-state index < -0.39 is 6.10 Å². The zero-order valence-corrected chi connectivity index (χ0v) is 11.3. The molecular formula is C14H19FN2O3. The Morgan fingerprint density at radius 2 is 2.30 bits per heavy atom. The van der Waals surface area contributed by atoms with Gasteiger partial charge in [0.1, 0.15) is 5.82 Å². The molecule has 1 fully saturated rings. The van der Waals surface area contributed by atoms with E-state index in [9.17, 15) is 14.3 Å². The maximum atomic E-state index is 13.6. The summed E-state index contributed by atoms with van der Waals surface area (Å²) in [6, 6.07) is 6.19. The van der Waals surface area contributed by atoms with Crippen LogP contribution < -0.4 is 10.6 Å². The molecule has 0 bridgehead atoms. The number of carbonyl (C=O) groups is 1. The lowest BCUT2D eigenvalue weighted by atomic mass is 10.1. The van der Waals surface area contributed by atoms with E-state index in [1.54, 1.807) is 18.2 Å². The minimum atomic E-state index is -0.729. The molecule has 0 aliphatic heterocycles. The van der Waals surface area contributed by atoms with Gasteiger partial charge in [0.05, 0.1) is 12.7 Å². The van der Waals surface area contributed by atoms with Crippen LogP contribution in [0.25, 0.3) is 0 Å².